The number of para-hydroxylation sites is 1. The maximum absolute atomic E-state index is 12.2. The van der Waals surface area contributed by atoms with Crippen LogP contribution in [0.4, 0.5) is 0 Å². The Labute approximate surface area is 161 Å². The molecule has 0 heterocycles. The fourth-order valence-corrected chi connectivity index (χ4v) is 2.61. The van der Waals surface area contributed by atoms with Gasteiger partial charge in [-0.25, -0.2) is 0 Å². The number of rotatable bonds is 11. The van der Waals surface area contributed by atoms with Crippen molar-refractivity contribution in [1.82, 2.24) is 5.32 Å². The number of hydrogen-bond donors (Lipinski definition) is 1. The lowest BCUT2D eigenvalue weighted by atomic mass is 10.1. The Morgan fingerprint density at radius 3 is 2.48 bits per heavy atom. The summed E-state index contributed by atoms with van der Waals surface area (Å²) in [6, 6.07) is 15.2. The molecule has 146 valence electrons. The molecule has 0 bridgehead atoms. The van der Waals surface area contributed by atoms with Gasteiger partial charge in [0.05, 0.1) is 13.7 Å². The molecule has 0 aliphatic carbocycles. The monoisotopic (exact) mass is 371 g/mol. The van der Waals surface area contributed by atoms with Gasteiger partial charge in [0.25, 0.3) is 5.91 Å². The van der Waals surface area contributed by atoms with Gasteiger partial charge in [0.15, 0.2) is 6.10 Å². The topological polar surface area (TPSA) is 56.8 Å². The third-order valence-electron chi connectivity index (χ3n) is 4.10. The fraction of sp³-hybridized carbons (Fsp3) is 0.409. The predicted octanol–water partition coefficient (Wildman–Crippen LogP) is 4.00. The molecule has 0 aliphatic rings. The average Bonchev–Trinajstić information content (AvgIpc) is 2.70. The Balaban J connectivity index is 1.73. The van der Waals surface area contributed by atoms with E-state index >= 15 is 0 Å². The number of benzene rings is 2. The van der Waals surface area contributed by atoms with Gasteiger partial charge in [-0.2, -0.15) is 0 Å². The minimum Gasteiger partial charge on any atom is -0.497 e. The van der Waals surface area contributed by atoms with E-state index in [1.807, 2.05) is 18.2 Å². The molecule has 2 aromatic rings. The van der Waals surface area contributed by atoms with Crippen molar-refractivity contribution < 1.29 is 19.0 Å². The van der Waals surface area contributed by atoms with Gasteiger partial charge in [0.2, 0.25) is 0 Å². The van der Waals surface area contributed by atoms with Gasteiger partial charge in [0.1, 0.15) is 17.2 Å². The lowest BCUT2D eigenvalue weighted by Crippen LogP contribution is -2.36. The third-order valence-corrected chi connectivity index (χ3v) is 4.10. The van der Waals surface area contributed by atoms with Crippen LogP contribution in [0.15, 0.2) is 48.5 Å². The average molecular weight is 371 g/mol. The lowest BCUT2D eigenvalue weighted by Gasteiger charge is -2.15. The molecule has 0 aromatic heterocycles. The second kappa shape index (κ2) is 11.1. The van der Waals surface area contributed by atoms with E-state index in [0.29, 0.717) is 18.9 Å². The zero-order chi connectivity index (χ0) is 19.5. The van der Waals surface area contributed by atoms with E-state index in [1.54, 1.807) is 38.3 Å². The normalized spacial score (nSPS) is 11.5. The zero-order valence-corrected chi connectivity index (χ0v) is 16.4. The highest BCUT2D eigenvalue weighted by Gasteiger charge is 2.14. The lowest BCUT2D eigenvalue weighted by molar-refractivity contribution is -0.127. The molecular formula is C22H29NO4. The quantitative estimate of drug-likeness (QED) is 0.607. The van der Waals surface area contributed by atoms with Crippen LogP contribution >= 0.6 is 0 Å². The van der Waals surface area contributed by atoms with E-state index in [-0.39, 0.29) is 5.91 Å². The van der Waals surface area contributed by atoms with Crippen molar-refractivity contribution in [1.29, 1.82) is 0 Å². The summed E-state index contributed by atoms with van der Waals surface area (Å²) in [4.78, 5) is 12.2. The Hall–Kier alpha value is -2.69. The molecule has 0 saturated heterocycles. The van der Waals surface area contributed by atoms with Crippen molar-refractivity contribution in [3.8, 4) is 17.2 Å². The second-order valence-corrected chi connectivity index (χ2v) is 6.29. The molecule has 0 aliphatic heterocycles. The number of carbonyl (C=O) groups is 1. The van der Waals surface area contributed by atoms with Crippen molar-refractivity contribution in [2.24, 2.45) is 0 Å². The summed E-state index contributed by atoms with van der Waals surface area (Å²) in [5.41, 5.74) is 1.17. The molecule has 0 fully saturated rings. The molecule has 27 heavy (non-hydrogen) atoms. The van der Waals surface area contributed by atoms with Crippen molar-refractivity contribution in [2.45, 2.75) is 39.2 Å². The maximum Gasteiger partial charge on any atom is 0.260 e. The van der Waals surface area contributed by atoms with Gasteiger partial charge >= 0.3 is 0 Å². The SMILES string of the molecule is CCCOc1ccccc1CCCNC(=O)C(C)Oc1ccc(OC)cc1. The number of hydrogen-bond acceptors (Lipinski definition) is 4. The number of methoxy groups -OCH3 is 1. The van der Waals surface area contributed by atoms with E-state index in [9.17, 15) is 4.79 Å². The summed E-state index contributed by atoms with van der Waals surface area (Å²) in [5.74, 6) is 2.20. The summed E-state index contributed by atoms with van der Waals surface area (Å²) in [6.45, 7) is 5.14. The molecule has 5 heteroatoms. The minimum atomic E-state index is -0.557. The Morgan fingerprint density at radius 1 is 1.07 bits per heavy atom. The van der Waals surface area contributed by atoms with Crippen molar-refractivity contribution in [3.05, 3.63) is 54.1 Å². The number of ether oxygens (including phenoxy) is 3. The highest BCUT2D eigenvalue weighted by atomic mass is 16.5. The molecule has 0 radical (unpaired) electrons. The van der Waals surface area contributed by atoms with E-state index in [0.717, 1.165) is 30.8 Å². The van der Waals surface area contributed by atoms with E-state index < -0.39 is 6.10 Å². The molecule has 1 atom stereocenters. The predicted molar refractivity (Wildman–Crippen MR) is 107 cm³/mol. The van der Waals surface area contributed by atoms with Crippen LogP contribution < -0.4 is 19.5 Å². The van der Waals surface area contributed by atoms with Crippen LogP contribution in [0.1, 0.15) is 32.3 Å². The van der Waals surface area contributed by atoms with Crippen LogP contribution in [0.2, 0.25) is 0 Å². The van der Waals surface area contributed by atoms with Crippen molar-refractivity contribution in [2.75, 3.05) is 20.3 Å². The van der Waals surface area contributed by atoms with E-state index in [2.05, 4.69) is 18.3 Å². The first-order valence-corrected chi connectivity index (χ1v) is 9.43. The smallest absolute Gasteiger partial charge is 0.260 e. The van der Waals surface area contributed by atoms with Crippen LogP contribution in [-0.2, 0) is 11.2 Å². The Bertz CT molecular complexity index is 700. The number of nitrogens with one attached hydrogen (secondary N) is 1. The van der Waals surface area contributed by atoms with Gasteiger partial charge in [-0.05, 0) is 62.1 Å². The highest BCUT2D eigenvalue weighted by molar-refractivity contribution is 5.80. The van der Waals surface area contributed by atoms with Crippen molar-refractivity contribution in [3.63, 3.8) is 0 Å². The van der Waals surface area contributed by atoms with Crippen molar-refractivity contribution >= 4 is 5.91 Å². The Morgan fingerprint density at radius 2 is 1.78 bits per heavy atom. The minimum absolute atomic E-state index is 0.124. The molecule has 1 unspecified atom stereocenters. The first kappa shape index (κ1) is 20.6. The molecule has 0 spiro atoms. The highest BCUT2D eigenvalue weighted by Crippen LogP contribution is 2.20. The number of aryl methyl sites for hydroxylation is 1. The van der Waals surface area contributed by atoms with Crippen LogP contribution in [0.3, 0.4) is 0 Å². The van der Waals surface area contributed by atoms with Gasteiger partial charge in [-0.15, -0.1) is 0 Å². The molecule has 5 nitrogen and oxygen atoms in total. The Kier molecular flexibility index (Phi) is 8.49. The van der Waals surface area contributed by atoms with E-state index in [1.165, 1.54) is 5.56 Å². The zero-order valence-electron chi connectivity index (χ0n) is 16.4. The summed E-state index contributed by atoms with van der Waals surface area (Å²) < 4.78 is 16.5. The molecule has 1 N–H and O–H groups in total. The fourth-order valence-electron chi connectivity index (χ4n) is 2.61. The van der Waals surface area contributed by atoms with Gasteiger partial charge < -0.3 is 19.5 Å². The first-order chi connectivity index (χ1) is 13.1. The van der Waals surface area contributed by atoms with Crippen LogP contribution in [0, 0.1) is 0 Å². The molecular weight excluding hydrogens is 342 g/mol. The summed E-state index contributed by atoms with van der Waals surface area (Å²) in [5, 5.41) is 2.93. The molecule has 0 saturated carbocycles. The van der Waals surface area contributed by atoms with E-state index in [4.69, 9.17) is 14.2 Å². The van der Waals surface area contributed by atoms with Crippen LogP contribution in [0.25, 0.3) is 0 Å². The molecule has 2 aromatic carbocycles. The largest absolute Gasteiger partial charge is 0.497 e. The van der Waals surface area contributed by atoms with Gasteiger partial charge in [-0.1, -0.05) is 25.1 Å². The number of carbonyl (C=O) groups excluding carboxylic acids is 1. The van der Waals surface area contributed by atoms with Gasteiger partial charge in [0, 0.05) is 6.54 Å². The molecule has 2 rings (SSSR count). The first-order valence-electron chi connectivity index (χ1n) is 9.43. The second-order valence-electron chi connectivity index (χ2n) is 6.29. The van der Waals surface area contributed by atoms with Gasteiger partial charge in [-0.3, -0.25) is 4.79 Å². The van der Waals surface area contributed by atoms with Crippen LogP contribution in [-0.4, -0.2) is 32.3 Å². The van der Waals surface area contributed by atoms with Crippen LogP contribution in [0.5, 0.6) is 17.2 Å². The third kappa shape index (κ3) is 6.85. The standard InChI is InChI=1S/C22H29NO4/c1-4-16-26-21-10-6-5-8-18(21)9-7-15-23-22(24)17(2)27-20-13-11-19(25-3)12-14-20/h5-6,8,10-14,17H,4,7,9,15-16H2,1-3H3,(H,23,24). The molecule has 1 amide bonds. The summed E-state index contributed by atoms with van der Waals surface area (Å²) >= 11 is 0. The number of amides is 1. The maximum atomic E-state index is 12.2. The summed E-state index contributed by atoms with van der Waals surface area (Å²) in [6.07, 6.45) is 2.12. The summed E-state index contributed by atoms with van der Waals surface area (Å²) in [7, 11) is 1.61.